The van der Waals surface area contributed by atoms with E-state index in [0.717, 1.165) is 36.3 Å². The van der Waals surface area contributed by atoms with E-state index < -0.39 is 0 Å². The predicted molar refractivity (Wildman–Crippen MR) is 107 cm³/mol. The summed E-state index contributed by atoms with van der Waals surface area (Å²) >= 11 is 0. The molecule has 148 valence electrons. The number of tetrazole rings is 1. The largest absolute Gasteiger partial charge is 0.377 e. The molecule has 2 aliphatic rings. The maximum Gasteiger partial charge on any atom is 0.319 e. The summed E-state index contributed by atoms with van der Waals surface area (Å²) in [5.74, 6) is 1.26. The molecule has 2 amide bonds. The summed E-state index contributed by atoms with van der Waals surface area (Å²) in [6.07, 6.45) is 7.32. The highest BCUT2D eigenvalue weighted by Crippen LogP contribution is 2.32. The van der Waals surface area contributed by atoms with Crippen molar-refractivity contribution in [2.24, 2.45) is 5.92 Å². The number of nitrogens with one attached hydrogen (secondary N) is 3. The molecule has 8 heteroatoms. The molecule has 0 atom stereocenters. The van der Waals surface area contributed by atoms with E-state index in [4.69, 9.17) is 4.74 Å². The van der Waals surface area contributed by atoms with Crippen molar-refractivity contribution in [3.8, 4) is 11.4 Å². The van der Waals surface area contributed by atoms with Gasteiger partial charge in [0.2, 0.25) is 5.82 Å². The zero-order valence-electron chi connectivity index (χ0n) is 16.1. The van der Waals surface area contributed by atoms with Gasteiger partial charge < -0.3 is 15.4 Å². The third-order valence-electron chi connectivity index (χ3n) is 5.52. The Morgan fingerprint density at radius 3 is 2.79 bits per heavy atom. The third kappa shape index (κ3) is 4.39. The van der Waals surface area contributed by atoms with E-state index in [0.29, 0.717) is 24.7 Å². The molecule has 8 nitrogen and oxygen atoms in total. The standard InChI is InChI=1S/C20H26N6O2/c1-13-2-4-15(5-3-13)21-20(27)22-16-6-7-17(14-8-10-28-11-9-14)18(12-16)19-23-25-26-24-19/h6-8,12-13,15H,2-5,9-11H2,1H3,(H2,21,22,27)(H,23,24,25,26)/t13-,15-. The van der Waals surface area contributed by atoms with Crippen molar-refractivity contribution in [1.29, 1.82) is 0 Å². The highest BCUT2D eigenvalue weighted by atomic mass is 16.5. The SMILES string of the molecule is C[C@H]1CC[C@H](NC(=O)Nc2ccc(C3=CCOCC3)c(-c3nn[nH]n3)c2)CC1. The zero-order valence-corrected chi connectivity index (χ0v) is 16.1. The smallest absolute Gasteiger partial charge is 0.319 e. The van der Waals surface area contributed by atoms with Crippen molar-refractivity contribution in [3.63, 3.8) is 0 Å². The molecule has 0 bridgehead atoms. The minimum Gasteiger partial charge on any atom is -0.377 e. The van der Waals surface area contributed by atoms with E-state index in [9.17, 15) is 4.79 Å². The van der Waals surface area contributed by atoms with Gasteiger partial charge in [-0.05, 0) is 66.5 Å². The van der Waals surface area contributed by atoms with Gasteiger partial charge in [-0.2, -0.15) is 5.21 Å². The number of hydrogen-bond acceptors (Lipinski definition) is 5. The lowest BCUT2D eigenvalue weighted by Crippen LogP contribution is -2.39. The Kier molecular flexibility index (Phi) is 5.66. The maximum atomic E-state index is 12.4. The van der Waals surface area contributed by atoms with Gasteiger partial charge in [0.1, 0.15) is 0 Å². The zero-order chi connectivity index (χ0) is 19.3. The van der Waals surface area contributed by atoms with E-state index in [-0.39, 0.29) is 12.1 Å². The minimum atomic E-state index is -0.170. The van der Waals surface area contributed by atoms with Gasteiger partial charge in [0, 0.05) is 17.3 Å². The Morgan fingerprint density at radius 1 is 1.21 bits per heavy atom. The van der Waals surface area contributed by atoms with Crippen LogP contribution in [0.2, 0.25) is 0 Å². The summed E-state index contributed by atoms with van der Waals surface area (Å²) in [7, 11) is 0. The lowest BCUT2D eigenvalue weighted by molar-refractivity contribution is 0.161. The molecular formula is C20H26N6O2. The number of amides is 2. The molecule has 1 aromatic carbocycles. The molecule has 1 fully saturated rings. The number of carbonyl (C=O) groups is 1. The number of anilines is 1. The number of ether oxygens (including phenoxy) is 1. The molecule has 1 aliphatic heterocycles. The van der Waals surface area contributed by atoms with Gasteiger partial charge in [0.25, 0.3) is 0 Å². The van der Waals surface area contributed by atoms with Crippen molar-refractivity contribution in [2.45, 2.75) is 45.1 Å². The second-order valence-corrected chi connectivity index (χ2v) is 7.61. The summed E-state index contributed by atoms with van der Waals surface area (Å²) in [6, 6.07) is 5.90. The third-order valence-corrected chi connectivity index (χ3v) is 5.52. The van der Waals surface area contributed by atoms with Crippen molar-refractivity contribution in [2.75, 3.05) is 18.5 Å². The Labute approximate surface area is 164 Å². The average Bonchev–Trinajstić information content (AvgIpc) is 3.25. The van der Waals surface area contributed by atoms with Gasteiger partial charge in [-0.15, -0.1) is 10.2 Å². The highest BCUT2D eigenvalue weighted by Gasteiger charge is 2.20. The van der Waals surface area contributed by atoms with Gasteiger partial charge >= 0.3 is 6.03 Å². The minimum absolute atomic E-state index is 0.170. The number of benzene rings is 1. The Bertz CT molecular complexity index is 840. The average molecular weight is 382 g/mol. The summed E-state index contributed by atoms with van der Waals surface area (Å²) < 4.78 is 5.42. The van der Waals surface area contributed by atoms with Crippen LogP contribution in [0, 0.1) is 5.92 Å². The van der Waals surface area contributed by atoms with Crippen molar-refractivity contribution < 1.29 is 9.53 Å². The number of nitrogens with zero attached hydrogens (tertiary/aromatic N) is 3. The first-order chi connectivity index (χ1) is 13.7. The van der Waals surface area contributed by atoms with Crippen molar-refractivity contribution in [3.05, 3.63) is 29.8 Å². The summed E-state index contributed by atoms with van der Waals surface area (Å²) in [5, 5.41) is 20.5. The van der Waals surface area contributed by atoms with Crippen LogP contribution in [0.3, 0.4) is 0 Å². The number of aromatic nitrogens is 4. The van der Waals surface area contributed by atoms with E-state index in [2.05, 4.69) is 44.3 Å². The monoisotopic (exact) mass is 382 g/mol. The van der Waals surface area contributed by atoms with Crippen LogP contribution in [0.4, 0.5) is 10.5 Å². The van der Waals surface area contributed by atoms with Gasteiger partial charge in [-0.25, -0.2) is 4.79 Å². The predicted octanol–water partition coefficient (Wildman–Crippen LogP) is 3.37. The molecule has 2 aromatic rings. The second kappa shape index (κ2) is 8.52. The second-order valence-electron chi connectivity index (χ2n) is 7.61. The number of aromatic amines is 1. The van der Waals surface area contributed by atoms with Crippen LogP contribution in [0.1, 0.15) is 44.6 Å². The van der Waals surface area contributed by atoms with Gasteiger partial charge in [0.05, 0.1) is 13.2 Å². The molecule has 4 rings (SSSR count). The van der Waals surface area contributed by atoms with E-state index >= 15 is 0 Å². The topological polar surface area (TPSA) is 105 Å². The number of rotatable bonds is 4. The van der Waals surface area contributed by atoms with E-state index in [1.807, 2.05) is 18.2 Å². The lowest BCUT2D eigenvalue weighted by atomic mass is 9.87. The first kappa shape index (κ1) is 18.6. The number of urea groups is 1. The molecule has 28 heavy (non-hydrogen) atoms. The highest BCUT2D eigenvalue weighted by molar-refractivity contribution is 5.91. The fraction of sp³-hybridized carbons (Fsp3) is 0.500. The van der Waals surface area contributed by atoms with E-state index in [1.54, 1.807) is 0 Å². The van der Waals surface area contributed by atoms with Crippen LogP contribution in [-0.2, 0) is 4.74 Å². The first-order valence-corrected chi connectivity index (χ1v) is 9.91. The van der Waals surface area contributed by atoms with Crippen molar-refractivity contribution in [1.82, 2.24) is 25.9 Å². The van der Waals surface area contributed by atoms with Crippen LogP contribution in [0.15, 0.2) is 24.3 Å². The number of carbonyl (C=O) groups excluding carboxylic acids is 1. The molecule has 1 aliphatic carbocycles. The molecule has 0 unspecified atom stereocenters. The van der Waals surface area contributed by atoms with Gasteiger partial charge in [-0.3, -0.25) is 0 Å². The maximum absolute atomic E-state index is 12.4. The fourth-order valence-electron chi connectivity index (χ4n) is 3.89. The molecule has 0 radical (unpaired) electrons. The summed E-state index contributed by atoms with van der Waals surface area (Å²) in [6.45, 7) is 3.56. The summed E-state index contributed by atoms with van der Waals surface area (Å²) in [5.41, 5.74) is 3.78. The molecule has 1 aromatic heterocycles. The molecular weight excluding hydrogens is 356 g/mol. The van der Waals surface area contributed by atoms with Crippen LogP contribution in [0.25, 0.3) is 17.0 Å². The Hall–Kier alpha value is -2.74. The summed E-state index contributed by atoms with van der Waals surface area (Å²) in [4.78, 5) is 12.4. The fourth-order valence-corrected chi connectivity index (χ4v) is 3.89. The quantitative estimate of drug-likeness (QED) is 0.752. The normalized spacial score (nSPS) is 22.4. The lowest BCUT2D eigenvalue weighted by Gasteiger charge is -2.27. The van der Waals surface area contributed by atoms with Gasteiger partial charge in [0.15, 0.2) is 0 Å². The van der Waals surface area contributed by atoms with Crippen LogP contribution in [-0.4, -0.2) is 45.9 Å². The van der Waals surface area contributed by atoms with Crippen LogP contribution in [0.5, 0.6) is 0 Å². The first-order valence-electron chi connectivity index (χ1n) is 9.91. The molecule has 2 heterocycles. The Morgan fingerprint density at radius 2 is 2.07 bits per heavy atom. The van der Waals surface area contributed by atoms with Crippen molar-refractivity contribution >= 4 is 17.3 Å². The van der Waals surface area contributed by atoms with Crippen LogP contribution < -0.4 is 10.6 Å². The van der Waals surface area contributed by atoms with Crippen LogP contribution >= 0.6 is 0 Å². The Balaban J connectivity index is 1.51. The number of H-pyrrole nitrogens is 1. The molecule has 1 saturated carbocycles. The molecule has 3 N–H and O–H groups in total. The van der Waals surface area contributed by atoms with Gasteiger partial charge in [-0.1, -0.05) is 19.1 Å². The molecule has 0 saturated heterocycles. The molecule has 0 spiro atoms. The van der Waals surface area contributed by atoms with E-state index in [1.165, 1.54) is 18.4 Å². The number of hydrogen-bond donors (Lipinski definition) is 3.